The van der Waals surface area contributed by atoms with Gasteiger partial charge in [-0.1, -0.05) is 35.0 Å². The Kier molecular flexibility index (Phi) is 9.16. The zero-order valence-electron chi connectivity index (χ0n) is 24.0. The second kappa shape index (κ2) is 12.1. The van der Waals surface area contributed by atoms with Crippen molar-refractivity contribution in [2.75, 3.05) is 17.3 Å². The molecule has 208 valence electrons. The second-order valence-electron chi connectivity index (χ2n) is 10.8. The van der Waals surface area contributed by atoms with Crippen LogP contribution in [0, 0.1) is 27.7 Å². The number of amides is 3. The minimum Gasteiger partial charge on any atom is -0.497 e. The first-order valence-corrected chi connectivity index (χ1v) is 12.9. The van der Waals surface area contributed by atoms with Crippen molar-refractivity contribution < 1.29 is 23.6 Å². The van der Waals surface area contributed by atoms with Crippen LogP contribution in [-0.4, -0.2) is 35.5 Å². The van der Waals surface area contributed by atoms with Crippen molar-refractivity contribution in [3.8, 4) is 5.75 Å². The number of anilines is 2. The molecule has 0 aliphatic heterocycles. The van der Waals surface area contributed by atoms with Crippen LogP contribution in [0.5, 0.6) is 5.75 Å². The molecule has 1 atom stereocenters. The van der Waals surface area contributed by atoms with E-state index in [9.17, 15) is 14.4 Å². The van der Waals surface area contributed by atoms with Crippen LogP contribution in [-0.2, 0) is 14.4 Å². The van der Waals surface area contributed by atoms with Gasteiger partial charge in [0.05, 0.1) is 12.8 Å². The molecule has 0 saturated carbocycles. The third-order valence-electron chi connectivity index (χ3n) is 6.04. The maximum atomic E-state index is 14.0. The molecule has 0 aliphatic carbocycles. The lowest BCUT2D eigenvalue weighted by atomic mass is 9.97. The zero-order chi connectivity index (χ0) is 28.9. The van der Waals surface area contributed by atoms with Gasteiger partial charge < -0.3 is 19.9 Å². The van der Waals surface area contributed by atoms with Crippen molar-refractivity contribution in [2.45, 2.75) is 72.9 Å². The molecule has 3 amide bonds. The Morgan fingerprint density at radius 3 is 2.10 bits per heavy atom. The van der Waals surface area contributed by atoms with Crippen molar-refractivity contribution in [3.05, 3.63) is 70.5 Å². The average molecular weight is 535 g/mol. The molecule has 1 aromatic heterocycles. The van der Waals surface area contributed by atoms with Crippen LogP contribution in [0.25, 0.3) is 0 Å². The first-order chi connectivity index (χ1) is 18.3. The van der Waals surface area contributed by atoms with Crippen LogP contribution < -0.4 is 20.3 Å². The van der Waals surface area contributed by atoms with Crippen LogP contribution in [0.3, 0.4) is 0 Å². The first kappa shape index (κ1) is 29.4. The number of nitrogens with one attached hydrogen (secondary N) is 2. The summed E-state index contributed by atoms with van der Waals surface area (Å²) in [6.07, 6.45) is -0.216. The predicted molar refractivity (Wildman–Crippen MR) is 151 cm³/mol. The molecule has 0 unspecified atom stereocenters. The molecule has 2 N–H and O–H groups in total. The number of nitrogens with zero attached hydrogens (tertiary/aromatic N) is 2. The molecule has 0 fully saturated rings. The monoisotopic (exact) mass is 534 g/mol. The Labute approximate surface area is 229 Å². The number of benzene rings is 2. The molecule has 9 nitrogen and oxygen atoms in total. The molecular formula is C30H38N4O5. The van der Waals surface area contributed by atoms with E-state index < -0.39 is 11.6 Å². The number of aromatic nitrogens is 1. The molecule has 39 heavy (non-hydrogen) atoms. The molecule has 0 bridgehead atoms. The summed E-state index contributed by atoms with van der Waals surface area (Å²) >= 11 is 0. The summed E-state index contributed by atoms with van der Waals surface area (Å²) in [4.78, 5) is 42.0. The van der Waals surface area contributed by atoms with Crippen LogP contribution in [0.2, 0.25) is 0 Å². The van der Waals surface area contributed by atoms with Gasteiger partial charge in [-0.15, -0.1) is 0 Å². The first-order valence-electron chi connectivity index (χ1n) is 12.9. The Morgan fingerprint density at radius 2 is 1.59 bits per heavy atom. The van der Waals surface area contributed by atoms with E-state index in [4.69, 9.17) is 9.26 Å². The predicted octanol–water partition coefficient (Wildman–Crippen LogP) is 5.32. The van der Waals surface area contributed by atoms with E-state index in [2.05, 4.69) is 15.8 Å². The Balaban J connectivity index is 2.05. The fourth-order valence-corrected chi connectivity index (χ4v) is 4.56. The molecule has 0 radical (unpaired) electrons. The van der Waals surface area contributed by atoms with Gasteiger partial charge in [-0.25, -0.2) is 0 Å². The van der Waals surface area contributed by atoms with Crippen LogP contribution in [0.15, 0.2) is 47.0 Å². The van der Waals surface area contributed by atoms with Crippen molar-refractivity contribution >= 4 is 29.2 Å². The topological polar surface area (TPSA) is 114 Å². The second-order valence-corrected chi connectivity index (χ2v) is 10.8. The lowest BCUT2D eigenvalue weighted by Crippen LogP contribution is -2.50. The summed E-state index contributed by atoms with van der Waals surface area (Å²) in [7, 11) is 1.57. The van der Waals surface area contributed by atoms with Crippen molar-refractivity contribution in [2.24, 2.45) is 0 Å². The van der Waals surface area contributed by atoms with E-state index in [0.717, 1.165) is 16.7 Å². The number of hydrogen-bond donors (Lipinski definition) is 2. The fourth-order valence-electron chi connectivity index (χ4n) is 4.56. The highest BCUT2D eigenvalue weighted by Gasteiger charge is 2.36. The highest BCUT2D eigenvalue weighted by molar-refractivity contribution is 6.04. The SMILES string of the molecule is COc1ccc([C@H](C(=O)NC(C)(C)C)N(C(=O)CCC(=O)Nc2cc(C)on2)c2c(C)cc(C)cc2C)cc1. The van der Waals surface area contributed by atoms with E-state index in [1.807, 2.05) is 53.7 Å². The Bertz CT molecular complexity index is 1320. The van der Waals surface area contributed by atoms with Gasteiger partial charge in [0.25, 0.3) is 0 Å². The van der Waals surface area contributed by atoms with Crippen molar-refractivity contribution in [1.29, 1.82) is 0 Å². The maximum Gasteiger partial charge on any atom is 0.248 e. The Morgan fingerprint density at radius 1 is 0.974 bits per heavy atom. The quantitative estimate of drug-likeness (QED) is 0.384. The summed E-state index contributed by atoms with van der Waals surface area (Å²) in [6.45, 7) is 13.2. The molecule has 1 heterocycles. The third-order valence-corrected chi connectivity index (χ3v) is 6.04. The van der Waals surface area contributed by atoms with Gasteiger partial charge in [-0.2, -0.15) is 0 Å². The maximum absolute atomic E-state index is 14.0. The van der Waals surface area contributed by atoms with E-state index in [1.165, 1.54) is 4.90 Å². The average Bonchev–Trinajstić information content (AvgIpc) is 3.24. The summed E-state index contributed by atoms with van der Waals surface area (Å²) in [6, 6.07) is 11.7. The fraction of sp³-hybridized carbons (Fsp3) is 0.400. The number of carbonyl (C=O) groups excluding carboxylic acids is 3. The van der Waals surface area contributed by atoms with E-state index in [-0.39, 0.29) is 36.4 Å². The standard InChI is InChI=1S/C30H38N4O5/c1-18-15-19(2)27(20(3)16-18)34(26(36)14-13-25(35)31-24-17-21(4)39-33-24)28(29(37)32-30(5,6)7)22-9-11-23(38-8)12-10-22/h9-12,15-17,28H,13-14H2,1-8H3,(H,32,37)(H,31,33,35)/t28-/m1/s1. The summed E-state index contributed by atoms with van der Waals surface area (Å²) < 4.78 is 10.3. The number of aryl methyl sites for hydroxylation is 4. The highest BCUT2D eigenvalue weighted by Crippen LogP contribution is 2.35. The number of ether oxygens (including phenoxy) is 1. The molecule has 3 aromatic rings. The van der Waals surface area contributed by atoms with E-state index in [0.29, 0.717) is 22.8 Å². The zero-order valence-corrected chi connectivity index (χ0v) is 24.0. The van der Waals surface area contributed by atoms with E-state index in [1.54, 1.807) is 44.4 Å². The minimum atomic E-state index is -0.982. The molecule has 0 spiro atoms. The van der Waals surface area contributed by atoms with Gasteiger partial charge in [0.1, 0.15) is 17.6 Å². The van der Waals surface area contributed by atoms with Crippen LogP contribution >= 0.6 is 0 Å². The molecule has 3 rings (SSSR count). The lowest BCUT2D eigenvalue weighted by molar-refractivity contribution is -0.128. The summed E-state index contributed by atoms with van der Waals surface area (Å²) in [5.74, 6) is 0.408. The summed E-state index contributed by atoms with van der Waals surface area (Å²) in [5.41, 5.74) is 3.47. The smallest absolute Gasteiger partial charge is 0.248 e. The van der Waals surface area contributed by atoms with Gasteiger partial charge in [0, 0.05) is 24.4 Å². The van der Waals surface area contributed by atoms with Gasteiger partial charge in [-0.3, -0.25) is 19.3 Å². The largest absolute Gasteiger partial charge is 0.497 e. The van der Waals surface area contributed by atoms with Gasteiger partial charge >= 0.3 is 0 Å². The van der Waals surface area contributed by atoms with Gasteiger partial charge in [-0.05, 0) is 77.3 Å². The van der Waals surface area contributed by atoms with E-state index >= 15 is 0 Å². The molecule has 0 saturated heterocycles. The number of hydrogen-bond acceptors (Lipinski definition) is 6. The van der Waals surface area contributed by atoms with Crippen LogP contribution in [0.4, 0.5) is 11.5 Å². The summed E-state index contributed by atoms with van der Waals surface area (Å²) in [5, 5.41) is 9.46. The lowest BCUT2D eigenvalue weighted by Gasteiger charge is -2.35. The molecule has 2 aromatic carbocycles. The number of methoxy groups -OCH3 is 1. The van der Waals surface area contributed by atoms with Gasteiger partial charge in [0.15, 0.2) is 5.82 Å². The third kappa shape index (κ3) is 7.69. The van der Waals surface area contributed by atoms with Gasteiger partial charge in [0.2, 0.25) is 17.7 Å². The van der Waals surface area contributed by atoms with Crippen molar-refractivity contribution in [3.63, 3.8) is 0 Å². The highest BCUT2D eigenvalue weighted by atomic mass is 16.5. The Hall–Kier alpha value is -4.14. The number of carbonyl (C=O) groups is 3. The van der Waals surface area contributed by atoms with Crippen molar-refractivity contribution in [1.82, 2.24) is 10.5 Å². The normalized spacial score (nSPS) is 12.0. The minimum absolute atomic E-state index is 0.0958. The van der Waals surface area contributed by atoms with Crippen LogP contribution in [0.1, 0.15) is 67.7 Å². The molecular weight excluding hydrogens is 496 g/mol. The molecule has 9 heteroatoms. The number of rotatable bonds is 9. The molecule has 0 aliphatic rings.